The van der Waals surface area contributed by atoms with Gasteiger partial charge < -0.3 is 39.8 Å². The van der Waals surface area contributed by atoms with E-state index in [2.05, 4.69) is 49.1 Å². The number of aromatic nitrogens is 4. The Morgan fingerprint density at radius 1 is 0.984 bits per heavy atom. The van der Waals surface area contributed by atoms with E-state index in [1.807, 2.05) is 25.7 Å². The zero-order chi connectivity index (χ0) is 43.8. The van der Waals surface area contributed by atoms with Gasteiger partial charge in [0.05, 0.1) is 30.1 Å². The second kappa shape index (κ2) is 17.0. The first-order valence-corrected chi connectivity index (χ1v) is 20.3. The van der Waals surface area contributed by atoms with Crippen LogP contribution < -0.4 is 20.3 Å². The molecule has 61 heavy (non-hydrogen) atoms. The highest BCUT2D eigenvalue weighted by atomic mass is 19.4. The molecule has 3 aromatic heterocycles. The molecular formula is C43H50F3N9O6. The average Bonchev–Trinajstić information content (AvgIpc) is 3.56. The first-order chi connectivity index (χ1) is 28.9. The van der Waals surface area contributed by atoms with Gasteiger partial charge in [0.2, 0.25) is 11.8 Å². The number of hydrogen-bond donors (Lipinski definition) is 3. The van der Waals surface area contributed by atoms with Crippen LogP contribution in [0.1, 0.15) is 76.1 Å². The maximum absolute atomic E-state index is 13.7. The number of carbonyl (C=O) groups is 4. The molecule has 7 rings (SSSR count). The standard InChI is InChI=1S/C43H50F3N9O6/c1-24(2)36(52-41(59)60-6)40(58)55-15-7-8-33(55)37-49-22-32(51-37)26-9-13-31(47-20-26)29-12-11-28(18-34(29)61-43(44,45)46)50-38(56)27-10-14-35(48-21-27)54-17-16-53(23-25(54)3)39(57)30-19-42(30,4)5/h9-14,18,20-22,24-25,30,33,36H,7-8,15-17,19,23H2,1-6H3,(H,49,51)(H,50,56)(H,52,59)/t25-,30-,33+,36+/m1/s1. The molecule has 15 nitrogen and oxygen atoms in total. The van der Waals surface area contributed by atoms with E-state index < -0.39 is 30.2 Å². The summed E-state index contributed by atoms with van der Waals surface area (Å²) in [5.74, 6) is -0.117. The van der Waals surface area contributed by atoms with Crippen molar-refractivity contribution in [2.45, 2.75) is 78.4 Å². The quantitative estimate of drug-likeness (QED) is 0.146. The highest BCUT2D eigenvalue weighted by molar-refractivity contribution is 6.04. The van der Waals surface area contributed by atoms with Crippen molar-refractivity contribution in [3.8, 4) is 28.3 Å². The van der Waals surface area contributed by atoms with E-state index in [0.717, 1.165) is 18.9 Å². The van der Waals surface area contributed by atoms with Gasteiger partial charge >= 0.3 is 12.5 Å². The van der Waals surface area contributed by atoms with Crippen molar-refractivity contribution >= 4 is 35.3 Å². The normalized spacial score (nSPS) is 20.3. The molecule has 2 saturated heterocycles. The van der Waals surface area contributed by atoms with Gasteiger partial charge in [0.25, 0.3) is 5.91 Å². The van der Waals surface area contributed by atoms with Gasteiger partial charge in [0.15, 0.2) is 0 Å². The first kappa shape index (κ1) is 42.9. The summed E-state index contributed by atoms with van der Waals surface area (Å²) in [6, 6.07) is 9.30. The molecule has 3 aliphatic rings. The van der Waals surface area contributed by atoms with Crippen LogP contribution in [0.4, 0.5) is 29.5 Å². The Morgan fingerprint density at radius 2 is 1.75 bits per heavy atom. The second-order valence-electron chi connectivity index (χ2n) is 16.8. The van der Waals surface area contributed by atoms with Gasteiger partial charge in [-0.25, -0.2) is 14.8 Å². The topological polar surface area (TPSA) is 175 Å². The molecule has 4 amide bonds. The van der Waals surface area contributed by atoms with Crippen LogP contribution in [0, 0.1) is 17.3 Å². The molecule has 2 aliphatic heterocycles. The molecule has 3 fully saturated rings. The summed E-state index contributed by atoms with van der Waals surface area (Å²) in [4.78, 5) is 74.2. The van der Waals surface area contributed by atoms with Crippen LogP contribution in [-0.2, 0) is 14.3 Å². The Hall–Kier alpha value is -6.20. The number of alkyl halides is 3. The number of nitrogens with zero attached hydrogens (tertiary/aromatic N) is 6. The zero-order valence-electron chi connectivity index (χ0n) is 34.9. The summed E-state index contributed by atoms with van der Waals surface area (Å²) in [5, 5.41) is 5.26. The Kier molecular flexibility index (Phi) is 12.0. The van der Waals surface area contributed by atoms with Gasteiger partial charge in [-0.1, -0.05) is 27.7 Å². The van der Waals surface area contributed by atoms with E-state index in [-0.39, 0.29) is 63.7 Å². The van der Waals surface area contributed by atoms with Gasteiger partial charge in [-0.15, -0.1) is 13.2 Å². The number of aromatic amines is 1. The molecule has 4 atom stereocenters. The van der Waals surface area contributed by atoms with Crippen molar-refractivity contribution in [1.29, 1.82) is 0 Å². The number of nitrogens with one attached hydrogen (secondary N) is 3. The number of imidazole rings is 1. The van der Waals surface area contributed by atoms with E-state index in [9.17, 15) is 32.3 Å². The number of rotatable bonds is 11. The number of halogens is 3. The Balaban J connectivity index is 1.01. The van der Waals surface area contributed by atoms with E-state index in [4.69, 9.17) is 9.72 Å². The predicted octanol–water partition coefficient (Wildman–Crippen LogP) is 6.81. The number of anilines is 2. The fraction of sp³-hybridized carbons (Fsp3) is 0.465. The Labute approximate surface area is 351 Å². The largest absolute Gasteiger partial charge is 0.573 e. The lowest BCUT2D eigenvalue weighted by Crippen LogP contribution is -2.54. The van der Waals surface area contributed by atoms with Crippen molar-refractivity contribution in [2.75, 3.05) is 43.5 Å². The first-order valence-electron chi connectivity index (χ1n) is 20.3. The molecule has 0 bridgehead atoms. The molecule has 324 valence electrons. The minimum absolute atomic E-state index is 0.00985. The number of H-pyrrole nitrogens is 1. The van der Waals surface area contributed by atoms with Crippen LogP contribution in [0.3, 0.4) is 0 Å². The number of amides is 4. The number of likely N-dealkylation sites (tertiary alicyclic amines) is 1. The summed E-state index contributed by atoms with van der Waals surface area (Å²) in [6.07, 6.45) is 1.12. The monoisotopic (exact) mass is 845 g/mol. The molecule has 1 aromatic carbocycles. The Bertz CT molecular complexity index is 2260. The third-order valence-corrected chi connectivity index (χ3v) is 11.7. The van der Waals surface area contributed by atoms with E-state index in [0.29, 0.717) is 55.5 Å². The third kappa shape index (κ3) is 9.57. The van der Waals surface area contributed by atoms with E-state index >= 15 is 0 Å². The molecule has 0 spiro atoms. The molecule has 5 heterocycles. The molecule has 0 radical (unpaired) electrons. The minimum Gasteiger partial charge on any atom is -0.453 e. The van der Waals surface area contributed by atoms with E-state index in [1.54, 1.807) is 29.3 Å². The maximum Gasteiger partial charge on any atom is 0.573 e. The summed E-state index contributed by atoms with van der Waals surface area (Å²) in [7, 11) is 1.24. The number of hydrogen-bond acceptors (Lipinski definition) is 10. The van der Waals surface area contributed by atoms with Crippen molar-refractivity contribution < 1.29 is 41.8 Å². The summed E-state index contributed by atoms with van der Waals surface area (Å²) < 4.78 is 50.1. The number of ether oxygens (including phenoxy) is 2. The number of pyridine rings is 2. The minimum atomic E-state index is -5.03. The molecule has 4 aromatic rings. The molecule has 1 aliphatic carbocycles. The zero-order valence-corrected chi connectivity index (χ0v) is 34.9. The van der Waals surface area contributed by atoms with Crippen LogP contribution >= 0.6 is 0 Å². The highest BCUT2D eigenvalue weighted by Gasteiger charge is 2.52. The number of carbonyl (C=O) groups excluding carboxylic acids is 4. The predicted molar refractivity (Wildman–Crippen MR) is 219 cm³/mol. The van der Waals surface area contributed by atoms with Crippen molar-refractivity contribution in [3.05, 3.63) is 72.4 Å². The molecule has 0 unspecified atom stereocenters. The fourth-order valence-corrected chi connectivity index (χ4v) is 8.07. The fourth-order valence-electron chi connectivity index (χ4n) is 8.07. The SMILES string of the molecule is COC(=O)N[C@H](C(=O)N1CCC[C@H]1c1nc(-c2ccc(-c3ccc(NC(=O)c4ccc(N5CCN(C(=O)[C@H]6CC6(C)C)C[C@H]5C)nc4)cc3OC(F)(F)F)nc2)c[nH]1)C(C)C. The number of methoxy groups -OCH3 is 1. The summed E-state index contributed by atoms with van der Waals surface area (Å²) >= 11 is 0. The summed E-state index contributed by atoms with van der Waals surface area (Å²) in [6.45, 7) is 12.1. The van der Waals surface area contributed by atoms with Gasteiger partial charge in [0.1, 0.15) is 23.4 Å². The van der Waals surface area contributed by atoms with Crippen LogP contribution in [0.2, 0.25) is 0 Å². The van der Waals surface area contributed by atoms with Gasteiger partial charge in [-0.2, -0.15) is 0 Å². The van der Waals surface area contributed by atoms with Gasteiger partial charge in [-0.3, -0.25) is 19.4 Å². The van der Waals surface area contributed by atoms with Gasteiger partial charge in [0, 0.05) is 79.6 Å². The van der Waals surface area contributed by atoms with Crippen molar-refractivity contribution in [3.63, 3.8) is 0 Å². The smallest absolute Gasteiger partial charge is 0.453 e. The Morgan fingerprint density at radius 3 is 2.38 bits per heavy atom. The lowest BCUT2D eigenvalue weighted by Gasteiger charge is -2.40. The van der Waals surface area contributed by atoms with Gasteiger partial charge in [-0.05, 0) is 73.9 Å². The second-order valence-corrected chi connectivity index (χ2v) is 16.8. The van der Waals surface area contributed by atoms with Crippen molar-refractivity contribution in [2.24, 2.45) is 17.3 Å². The molecule has 3 N–H and O–H groups in total. The lowest BCUT2D eigenvalue weighted by atomic mass is 10.0. The summed E-state index contributed by atoms with van der Waals surface area (Å²) in [5.41, 5.74) is 1.61. The van der Waals surface area contributed by atoms with E-state index in [1.165, 1.54) is 37.7 Å². The molecular weight excluding hydrogens is 796 g/mol. The number of piperazine rings is 1. The van der Waals surface area contributed by atoms with Crippen LogP contribution in [0.5, 0.6) is 5.75 Å². The van der Waals surface area contributed by atoms with Crippen LogP contribution in [-0.4, -0.2) is 105 Å². The lowest BCUT2D eigenvalue weighted by molar-refractivity contribution is -0.274. The molecule has 1 saturated carbocycles. The number of benzene rings is 1. The van der Waals surface area contributed by atoms with Crippen molar-refractivity contribution in [1.82, 2.24) is 35.1 Å². The van der Waals surface area contributed by atoms with Crippen LogP contribution in [0.15, 0.2) is 61.1 Å². The highest BCUT2D eigenvalue weighted by Crippen LogP contribution is 2.52. The third-order valence-electron chi connectivity index (χ3n) is 11.7. The number of alkyl carbamates (subject to hydrolysis) is 1. The van der Waals surface area contributed by atoms with Crippen LogP contribution in [0.25, 0.3) is 22.5 Å². The average molecular weight is 846 g/mol. The maximum atomic E-state index is 13.7. The molecule has 18 heteroatoms.